The van der Waals surface area contributed by atoms with E-state index < -0.39 is 16.1 Å². The van der Waals surface area contributed by atoms with Gasteiger partial charge in [0.05, 0.1) is 28.1 Å². The monoisotopic (exact) mass is 706 g/mol. The lowest BCUT2D eigenvalue weighted by Crippen LogP contribution is -2.43. The maximum absolute atomic E-state index is 4.01. The van der Waals surface area contributed by atoms with Gasteiger partial charge in [-0.2, -0.15) is 0 Å². The molecule has 0 nitrogen and oxygen atoms in total. The van der Waals surface area contributed by atoms with Crippen LogP contribution in [0.15, 0.2) is 19.7 Å². The lowest BCUT2D eigenvalue weighted by atomic mass is 10.0. The molecule has 0 aliphatic carbocycles. The molecule has 0 aliphatic heterocycles. The van der Waals surface area contributed by atoms with Gasteiger partial charge in [-0.05, 0) is 77.2 Å². The predicted octanol–water partition coefficient (Wildman–Crippen LogP) is 12.8. The van der Waals surface area contributed by atoms with Crippen molar-refractivity contribution in [2.24, 2.45) is 0 Å². The van der Waals surface area contributed by atoms with Crippen LogP contribution in [-0.4, -0.2) is 16.1 Å². The molecule has 2 aromatic heterocycles. The first kappa shape index (κ1) is 32.2. The zero-order valence-corrected chi connectivity index (χ0v) is 32.0. The number of rotatable bonds is 6. The minimum Gasteiger partial charge on any atom is -0.127 e. The van der Waals surface area contributed by atoms with Crippen LogP contribution in [0.5, 0.6) is 0 Å². The van der Waals surface area contributed by atoms with Crippen LogP contribution in [0.25, 0.3) is 20.2 Å². The lowest BCUT2D eigenvalue weighted by molar-refractivity contribution is 0.838. The maximum atomic E-state index is 4.01. The highest BCUT2D eigenvalue weighted by molar-refractivity contribution is 9.11. The van der Waals surface area contributed by atoms with Gasteiger partial charge in [-0.1, -0.05) is 94.9 Å². The molecule has 206 valence electrons. The Bertz CT molecular complexity index is 1230. The molecule has 0 amide bonds. The average molecular weight is 709 g/mol. The van der Waals surface area contributed by atoms with Crippen LogP contribution in [-0.2, 0) is 0 Å². The summed E-state index contributed by atoms with van der Waals surface area (Å²) in [5.74, 6) is 7.69. The van der Waals surface area contributed by atoms with E-state index in [2.05, 4.69) is 150 Å². The maximum Gasteiger partial charge on any atom is 0.146 e. The Morgan fingerprint density at radius 2 is 0.789 bits per heavy atom. The molecule has 0 saturated carbocycles. The van der Waals surface area contributed by atoms with Crippen LogP contribution >= 0.6 is 54.5 Å². The Labute approximate surface area is 259 Å². The summed E-state index contributed by atoms with van der Waals surface area (Å²) in [6.07, 6.45) is 0. The summed E-state index contributed by atoms with van der Waals surface area (Å²) in [5.41, 5.74) is 14.1. The first-order chi connectivity index (χ1) is 17.6. The van der Waals surface area contributed by atoms with Crippen LogP contribution in [0.1, 0.15) is 94.2 Å². The van der Waals surface area contributed by atoms with Crippen LogP contribution in [0.3, 0.4) is 0 Å². The number of hydrogen-bond donors (Lipinski definition) is 0. The average Bonchev–Trinajstić information content (AvgIpc) is 3.35. The smallest absolute Gasteiger partial charge is 0.127 e. The number of benzene rings is 1. The van der Waals surface area contributed by atoms with E-state index >= 15 is 0 Å². The predicted molar refractivity (Wildman–Crippen MR) is 188 cm³/mol. The molecule has 0 bridgehead atoms. The molecule has 0 atom stereocenters. The third-order valence-corrected chi connectivity index (χ3v) is 24.8. The molecule has 2 heterocycles. The van der Waals surface area contributed by atoms with Crippen LogP contribution < -0.4 is 0 Å². The van der Waals surface area contributed by atoms with Crippen molar-refractivity contribution in [1.82, 2.24) is 0 Å². The van der Waals surface area contributed by atoms with Gasteiger partial charge in [-0.3, -0.25) is 0 Å². The molecule has 0 fully saturated rings. The summed E-state index contributed by atoms with van der Waals surface area (Å²) in [7, 11) is -3.72. The fourth-order valence-corrected chi connectivity index (χ4v) is 20.8. The zero-order valence-electron chi connectivity index (χ0n) is 25.2. The van der Waals surface area contributed by atoms with E-state index in [1.807, 2.05) is 22.7 Å². The summed E-state index contributed by atoms with van der Waals surface area (Å²) in [4.78, 5) is 0. The Hall–Kier alpha value is -0.346. The van der Waals surface area contributed by atoms with E-state index in [1.54, 1.807) is 0 Å². The topological polar surface area (TPSA) is 0 Å². The summed E-state index contributed by atoms with van der Waals surface area (Å²) in [5, 5.41) is 2.51. The van der Waals surface area contributed by atoms with Crippen LogP contribution in [0.4, 0.5) is 0 Å². The zero-order chi connectivity index (χ0) is 28.7. The van der Waals surface area contributed by atoms with E-state index in [4.69, 9.17) is 0 Å². The summed E-state index contributed by atoms with van der Waals surface area (Å²) < 4.78 is 4.85. The third kappa shape index (κ3) is 5.57. The minimum atomic E-state index is -1.86. The Balaban J connectivity index is 2.44. The van der Waals surface area contributed by atoms with Crippen molar-refractivity contribution in [3.8, 4) is 22.9 Å². The number of halogens is 2. The summed E-state index contributed by atoms with van der Waals surface area (Å²) in [6.45, 7) is 28.7. The normalized spacial score (nSPS) is 12.9. The van der Waals surface area contributed by atoms with E-state index in [-0.39, 0.29) is 0 Å². The highest BCUT2D eigenvalue weighted by Gasteiger charge is 2.43. The molecule has 0 unspecified atom stereocenters. The van der Waals surface area contributed by atoms with Crippen molar-refractivity contribution < 1.29 is 0 Å². The van der Waals surface area contributed by atoms with Crippen molar-refractivity contribution >= 4 is 90.9 Å². The molecule has 6 heteroatoms. The quantitative estimate of drug-likeness (QED) is 0.177. The molecule has 38 heavy (non-hydrogen) atoms. The van der Waals surface area contributed by atoms with Gasteiger partial charge in [0.2, 0.25) is 0 Å². The van der Waals surface area contributed by atoms with Crippen molar-refractivity contribution in [1.29, 1.82) is 0 Å². The van der Waals surface area contributed by atoms with E-state index in [0.717, 1.165) is 7.57 Å². The SMILES string of the molecule is CC(C)[Si](C#Cc1c2cc(Br)sc2c(C#C[Si](C(C)C)(C(C)C)C(C)C)c2cc(Br)sc12)(C(C)C)C(C)C. The van der Waals surface area contributed by atoms with Crippen molar-refractivity contribution in [3.63, 3.8) is 0 Å². The van der Waals surface area contributed by atoms with Gasteiger partial charge in [-0.25, -0.2) is 0 Å². The van der Waals surface area contributed by atoms with Gasteiger partial charge >= 0.3 is 0 Å². The number of fused-ring (bicyclic) bond motifs is 2. The molecule has 0 aliphatic rings. The van der Waals surface area contributed by atoms with Crippen LogP contribution in [0.2, 0.25) is 33.2 Å². The number of thiophene rings is 2. The standard InChI is InChI=1S/C32H44Br2S2Si2/c1-19(2)37(20(3)4,21(5)6)15-13-25-27-17-29(33)36-32(27)26(28-18-30(34)35-31(25)28)14-16-38(22(7)8,23(9)10)24(11)12/h17-24H,1-12H3. The molecular weight excluding hydrogens is 664 g/mol. The first-order valence-electron chi connectivity index (χ1n) is 14.0. The summed E-state index contributed by atoms with van der Waals surface area (Å²) >= 11 is 11.3. The van der Waals surface area contributed by atoms with Gasteiger partial charge in [0.15, 0.2) is 0 Å². The summed E-state index contributed by atoms with van der Waals surface area (Å²) in [6, 6.07) is 4.56. The highest BCUT2D eigenvalue weighted by atomic mass is 79.9. The van der Waals surface area contributed by atoms with E-state index in [9.17, 15) is 0 Å². The van der Waals surface area contributed by atoms with E-state index in [1.165, 1.54) is 31.3 Å². The molecule has 0 spiro atoms. The molecule has 0 radical (unpaired) electrons. The fourth-order valence-electron chi connectivity index (χ4n) is 7.17. The minimum absolute atomic E-state index is 0.608. The molecule has 1 aromatic carbocycles. The number of hydrogen-bond acceptors (Lipinski definition) is 2. The molecule has 0 N–H and O–H groups in total. The first-order valence-corrected chi connectivity index (χ1v) is 21.7. The Kier molecular flexibility index (Phi) is 10.4. The lowest BCUT2D eigenvalue weighted by Gasteiger charge is -2.38. The van der Waals surface area contributed by atoms with Gasteiger partial charge in [0, 0.05) is 10.8 Å². The van der Waals surface area contributed by atoms with Gasteiger partial charge in [0.1, 0.15) is 16.1 Å². The highest BCUT2D eigenvalue weighted by Crippen LogP contribution is 2.46. The van der Waals surface area contributed by atoms with Crippen LogP contribution in [0, 0.1) is 22.9 Å². The largest absolute Gasteiger partial charge is 0.146 e. The van der Waals surface area contributed by atoms with Gasteiger partial charge in [0.25, 0.3) is 0 Å². The second kappa shape index (κ2) is 12.3. The van der Waals surface area contributed by atoms with Crippen molar-refractivity contribution in [2.45, 2.75) is 116 Å². The Morgan fingerprint density at radius 1 is 0.526 bits per heavy atom. The second-order valence-corrected chi connectivity index (χ2v) is 28.7. The van der Waals surface area contributed by atoms with Gasteiger partial charge in [-0.15, -0.1) is 33.8 Å². The third-order valence-electron chi connectivity index (χ3n) is 8.94. The molecular formula is C32H44Br2S2Si2. The second-order valence-electron chi connectivity index (χ2n) is 12.6. The van der Waals surface area contributed by atoms with E-state index in [0.29, 0.717) is 33.2 Å². The van der Waals surface area contributed by atoms with Gasteiger partial charge < -0.3 is 0 Å². The van der Waals surface area contributed by atoms with Crippen molar-refractivity contribution in [3.05, 3.63) is 30.8 Å². The van der Waals surface area contributed by atoms with Crippen molar-refractivity contribution in [2.75, 3.05) is 0 Å². The fraction of sp³-hybridized carbons (Fsp3) is 0.562. The molecule has 0 saturated heterocycles. The Morgan fingerprint density at radius 3 is 1.03 bits per heavy atom. The molecule has 3 rings (SSSR count). The molecule has 3 aromatic rings.